The molecule has 6 heteroatoms. The van der Waals surface area contributed by atoms with Gasteiger partial charge in [0.05, 0.1) is 13.7 Å². The van der Waals surface area contributed by atoms with E-state index < -0.39 is 0 Å². The molecule has 0 bridgehead atoms. The first kappa shape index (κ1) is 17.2. The zero-order chi connectivity index (χ0) is 17.6. The second-order valence-electron chi connectivity index (χ2n) is 6.27. The maximum Gasteiger partial charge on any atom is 0.233 e. The minimum absolute atomic E-state index is 0.0365. The van der Waals surface area contributed by atoms with Crippen molar-refractivity contribution in [2.75, 3.05) is 20.2 Å². The lowest BCUT2D eigenvalue weighted by Crippen LogP contribution is -2.31. The minimum Gasteiger partial charge on any atom is -0.480 e. The summed E-state index contributed by atoms with van der Waals surface area (Å²) in [4.78, 5) is 14.3. The van der Waals surface area contributed by atoms with E-state index >= 15 is 0 Å². The lowest BCUT2D eigenvalue weighted by Gasteiger charge is -2.17. The molecule has 25 heavy (non-hydrogen) atoms. The molecule has 1 fully saturated rings. The Hall–Kier alpha value is -2.63. The van der Waals surface area contributed by atoms with Gasteiger partial charge in [0, 0.05) is 31.5 Å². The Balaban J connectivity index is 1.47. The molecular weight excluding hydrogens is 318 g/mol. The Morgan fingerprint density at radius 1 is 1.24 bits per heavy atom. The van der Waals surface area contributed by atoms with Gasteiger partial charge in [0.2, 0.25) is 17.7 Å². The number of amides is 1. The molecular formula is C19H23N3O3. The van der Waals surface area contributed by atoms with Crippen molar-refractivity contribution in [2.45, 2.75) is 32.3 Å². The van der Waals surface area contributed by atoms with E-state index in [1.807, 2.05) is 11.0 Å². The van der Waals surface area contributed by atoms with Gasteiger partial charge >= 0.3 is 0 Å². The van der Waals surface area contributed by atoms with Gasteiger partial charge in [-0.05, 0) is 18.9 Å². The maximum absolute atomic E-state index is 12.4. The van der Waals surface area contributed by atoms with E-state index in [1.54, 1.807) is 19.2 Å². The largest absolute Gasteiger partial charge is 0.480 e. The number of nitrogens with zero attached hydrogens (tertiary/aromatic N) is 3. The van der Waals surface area contributed by atoms with Crippen molar-refractivity contribution in [3.8, 4) is 11.8 Å². The first-order valence-corrected chi connectivity index (χ1v) is 8.52. The van der Waals surface area contributed by atoms with Gasteiger partial charge in [-0.1, -0.05) is 29.8 Å². The highest BCUT2D eigenvalue weighted by atomic mass is 16.5. The van der Waals surface area contributed by atoms with Gasteiger partial charge in [-0.2, -0.15) is 0 Å². The fraction of sp³-hybridized carbons (Fsp3) is 0.421. The molecule has 6 nitrogen and oxygen atoms in total. The van der Waals surface area contributed by atoms with E-state index in [9.17, 15) is 4.79 Å². The predicted octanol–water partition coefficient (Wildman–Crippen LogP) is 2.41. The van der Waals surface area contributed by atoms with E-state index in [0.717, 1.165) is 19.4 Å². The predicted molar refractivity (Wildman–Crippen MR) is 93.7 cm³/mol. The van der Waals surface area contributed by atoms with Gasteiger partial charge in [0.15, 0.2) is 0 Å². The molecule has 1 amide bonds. The standard InChI is InChI=1S/C19H23N3O3/c1-14-4-3-5-15(12-14)6-9-19(23)22-11-10-16(13-22)25-18-8-7-17(24-2)20-21-18/h3-5,7-8,12,16H,6,9-11,13H2,1-2H3. The van der Waals surface area contributed by atoms with Crippen LogP contribution in [0.15, 0.2) is 36.4 Å². The molecule has 1 saturated heterocycles. The van der Waals surface area contributed by atoms with Gasteiger partial charge in [-0.15, -0.1) is 10.2 Å². The Labute approximate surface area is 147 Å². The molecule has 1 atom stereocenters. The molecule has 1 aliphatic rings. The van der Waals surface area contributed by atoms with Gasteiger partial charge in [0.25, 0.3) is 0 Å². The second kappa shape index (κ2) is 7.96. The van der Waals surface area contributed by atoms with Crippen LogP contribution >= 0.6 is 0 Å². The Morgan fingerprint density at radius 2 is 2.04 bits per heavy atom. The van der Waals surface area contributed by atoms with E-state index in [0.29, 0.717) is 24.7 Å². The lowest BCUT2D eigenvalue weighted by atomic mass is 10.1. The average molecular weight is 341 g/mol. The highest BCUT2D eigenvalue weighted by Crippen LogP contribution is 2.18. The molecule has 1 aromatic carbocycles. The summed E-state index contributed by atoms with van der Waals surface area (Å²) >= 11 is 0. The molecule has 0 saturated carbocycles. The monoisotopic (exact) mass is 341 g/mol. The van der Waals surface area contributed by atoms with E-state index in [4.69, 9.17) is 9.47 Å². The number of benzene rings is 1. The van der Waals surface area contributed by atoms with Crippen LogP contribution in [0.3, 0.4) is 0 Å². The zero-order valence-corrected chi connectivity index (χ0v) is 14.6. The summed E-state index contributed by atoms with van der Waals surface area (Å²) in [6.45, 7) is 3.39. The summed E-state index contributed by atoms with van der Waals surface area (Å²) in [5, 5.41) is 7.85. The van der Waals surface area contributed by atoms with E-state index in [2.05, 4.69) is 35.3 Å². The van der Waals surface area contributed by atoms with E-state index in [-0.39, 0.29) is 12.0 Å². The first-order chi connectivity index (χ1) is 12.1. The third-order valence-corrected chi connectivity index (χ3v) is 4.32. The molecule has 0 spiro atoms. The van der Waals surface area contributed by atoms with Crippen LogP contribution in [0.1, 0.15) is 24.0 Å². The summed E-state index contributed by atoms with van der Waals surface area (Å²) in [6.07, 6.45) is 2.07. The normalized spacial score (nSPS) is 16.7. The molecule has 1 aromatic heterocycles. The third kappa shape index (κ3) is 4.68. The molecule has 3 rings (SSSR count). The second-order valence-corrected chi connectivity index (χ2v) is 6.27. The molecule has 2 heterocycles. The van der Waals surface area contributed by atoms with Gasteiger partial charge in [-0.25, -0.2) is 0 Å². The van der Waals surface area contributed by atoms with Crippen molar-refractivity contribution in [3.05, 3.63) is 47.5 Å². The van der Waals surface area contributed by atoms with Crippen LogP contribution < -0.4 is 9.47 Å². The molecule has 0 aliphatic carbocycles. The molecule has 2 aromatic rings. The number of likely N-dealkylation sites (tertiary alicyclic amines) is 1. The van der Waals surface area contributed by atoms with Crippen molar-refractivity contribution < 1.29 is 14.3 Å². The van der Waals surface area contributed by atoms with Crippen LogP contribution in [0, 0.1) is 6.92 Å². The summed E-state index contributed by atoms with van der Waals surface area (Å²) in [7, 11) is 1.54. The van der Waals surface area contributed by atoms with Crippen molar-refractivity contribution in [1.29, 1.82) is 0 Å². The summed E-state index contributed by atoms with van der Waals surface area (Å²) < 4.78 is 10.8. The lowest BCUT2D eigenvalue weighted by molar-refractivity contribution is -0.130. The Kier molecular flexibility index (Phi) is 5.48. The van der Waals surface area contributed by atoms with Gasteiger partial charge in [0.1, 0.15) is 6.10 Å². The number of carbonyl (C=O) groups is 1. The Bertz CT molecular complexity index is 718. The Morgan fingerprint density at radius 3 is 2.76 bits per heavy atom. The van der Waals surface area contributed by atoms with Crippen LogP contribution in [-0.4, -0.2) is 47.3 Å². The first-order valence-electron chi connectivity index (χ1n) is 8.52. The summed E-state index contributed by atoms with van der Waals surface area (Å²) in [5.74, 6) is 1.08. The summed E-state index contributed by atoms with van der Waals surface area (Å²) in [6, 6.07) is 11.7. The number of methoxy groups -OCH3 is 1. The zero-order valence-electron chi connectivity index (χ0n) is 14.6. The maximum atomic E-state index is 12.4. The molecule has 1 unspecified atom stereocenters. The van der Waals surface area contributed by atoms with Crippen LogP contribution in [0.2, 0.25) is 0 Å². The van der Waals surface area contributed by atoms with Gasteiger partial charge < -0.3 is 14.4 Å². The number of hydrogen-bond donors (Lipinski definition) is 0. The van der Waals surface area contributed by atoms with Crippen molar-refractivity contribution >= 4 is 5.91 Å². The van der Waals surface area contributed by atoms with Crippen LogP contribution in [0.4, 0.5) is 0 Å². The number of carbonyl (C=O) groups excluding carboxylic acids is 1. The number of ether oxygens (including phenoxy) is 2. The van der Waals surface area contributed by atoms with E-state index in [1.165, 1.54) is 11.1 Å². The molecule has 132 valence electrons. The van der Waals surface area contributed by atoms with Crippen molar-refractivity contribution in [1.82, 2.24) is 15.1 Å². The van der Waals surface area contributed by atoms with Crippen molar-refractivity contribution in [2.24, 2.45) is 0 Å². The van der Waals surface area contributed by atoms with Crippen molar-refractivity contribution in [3.63, 3.8) is 0 Å². The molecule has 0 radical (unpaired) electrons. The van der Waals surface area contributed by atoms with Gasteiger partial charge in [-0.3, -0.25) is 4.79 Å². The third-order valence-electron chi connectivity index (χ3n) is 4.32. The molecule has 1 aliphatic heterocycles. The fourth-order valence-corrected chi connectivity index (χ4v) is 2.98. The quantitative estimate of drug-likeness (QED) is 0.807. The van der Waals surface area contributed by atoms with Crippen LogP contribution in [0.25, 0.3) is 0 Å². The summed E-state index contributed by atoms with van der Waals surface area (Å²) in [5.41, 5.74) is 2.43. The fourth-order valence-electron chi connectivity index (χ4n) is 2.98. The minimum atomic E-state index is -0.0365. The topological polar surface area (TPSA) is 64.6 Å². The number of hydrogen-bond acceptors (Lipinski definition) is 5. The number of aromatic nitrogens is 2. The number of aryl methyl sites for hydroxylation is 2. The highest BCUT2D eigenvalue weighted by Gasteiger charge is 2.27. The SMILES string of the molecule is COc1ccc(OC2CCN(C(=O)CCc3cccc(C)c3)C2)nn1. The van der Waals surface area contributed by atoms with Crippen LogP contribution in [-0.2, 0) is 11.2 Å². The molecule has 0 N–H and O–H groups in total. The smallest absolute Gasteiger partial charge is 0.233 e. The number of rotatable bonds is 6. The van der Waals surface area contributed by atoms with Crippen LogP contribution in [0.5, 0.6) is 11.8 Å². The highest BCUT2D eigenvalue weighted by molar-refractivity contribution is 5.76. The average Bonchev–Trinajstić information content (AvgIpc) is 3.09.